The maximum atomic E-state index is 13.2. The first-order chi connectivity index (χ1) is 15.0. The summed E-state index contributed by atoms with van der Waals surface area (Å²) in [5, 5.41) is 3.30. The van der Waals surface area contributed by atoms with Gasteiger partial charge in [-0.05, 0) is 48.0 Å². The molecule has 0 bridgehead atoms. The minimum absolute atomic E-state index is 0.167. The van der Waals surface area contributed by atoms with E-state index in [9.17, 15) is 14.4 Å². The SMILES string of the molecule is O=C(C[C@@H]1C(=O)N(c2ccccc2)C(=O)N1Cc1cccnc1)Nc1ccc(Cl)cc1. The van der Waals surface area contributed by atoms with E-state index in [1.165, 1.54) is 4.90 Å². The van der Waals surface area contributed by atoms with Gasteiger partial charge < -0.3 is 10.2 Å². The molecule has 0 radical (unpaired) electrons. The quantitative estimate of drug-likeness (QED) is 0.592. The predicted molar refractivity (Wildman–Crippen MR) is 118 cm³/mol. The van der Waals surface area contributed by atoms with E-state index in [0.29, 0.717) is 16.4 Å². The number of halogens is 1. The highest BCUT2D eigenvalue weighted by molar-refractivity contribution is 6.30. The van der Waals surface area contributed by atoms with Gasteiger partial charge in [-0.25, -0.2) is 9.69 Å². The fourth-order valence-electron chi connectivity index (χ4n) is 3.44. The highest BCUT2D eigenvalue weighted by Gasteiger charge is 2.46. The van der Waals surface area contributed by atoms with Crippen molar-refractivity contribution in [3.63, 3.8) is 0 Å². The Hall–Kier alpha value is -3.71. The van der Waals surface area contributed by atoms with Gasteiger partial charge in [0.2, 0.25) is 5.91 Å². The summed E-state index contributed by atoms with van der Waals surface area (Å²) in [6.45, 7) is 0.167. The molecule has 1 aliphatic rings. The van der Waals surface area contributed by atoms with Crippen LogP contribution in [0.5, 0.6) is 0 Å². The first-order valence-electron chi connectivity index (χ1n) is 9.67. The molecule has 1 saturated heterocycles. The minimum Gasteiger partial charge on any atom is -0.326 e. The molecule has 1 fully saturated rings. The number of nitrogens with zero attached hydrogens (tertiary/aromatic N) is 3. The molecule has 0 spiro atoms. The second kappa shape index (κ2) is 8.97. The van der Waals surface area contributed by atoms with Crippen LogP contribution in [0, 0.1) is 0 Å². The van der Waals surface area contributed by atoms with Crippen LogP contribution in [0.25, 0.3) is 0 Å². The first kappa shape index (κ1) is 20.6. The number of carbonyl (C=O) groups excluding carboxylic acids is 3. The van der Waals surface area contributed by atoms with Gasteiger partial charge in [0, 0.05) is 29.6 Å². The fraction of sp³-hybridized carbons (Fsp3) is 0.130. The van der Waals surface area contributed by atoms with Crippen molar-refractivity contribution in [3.8, 4) is 0 Å². The van der Waals surface area contributed by atoms with Crippen LogP contribution in [0.15, 0.2) is 79.1 Å². The molecule has 4 rings (SSSR count). The van der Waals surface area contributed by atoms with E-state index in [1.54, 1.807) is 73.1 Å². The third kappa shape index (κ3) is 4.57. The standard InChI is InChI=1S/C23H19ClN4O3/c24-17-8-10-18(11-9-17)26-21(29)13-20-22(30)28(19-6-2-1-3-7-19)23(31)27(20)15-16-5-4-12-25-14-16/h1-12,14,20H,13,15H2,(H,26,29)/t20-/m1/s1. The summed E-state index contributed by atoms with van der Waals surface area (Å²) >= 11 is 5.88. The molecule has 0 aliphatic carbocycles. The Bertz CT molecular complexity index is 1090. The average Bonchev–Trinajstić information content (AvgIpc) is 3.00. The Balaban J connectivity index is 1.58. The number of pyridine rings is 1. The number of amides is 4. The van der Waals surface area contributed by atoms with E-state index in [2.05, 4.69) is 10.3 Å². The largest absolute Gasteiger partial charge is 0.332 e. The van der Waals surface area contributed by atoms with Crippen LogP contribution in [0.4, 0.5) is 16.2 Å². The van der Waals surface area contributed by atoms with Crippen molar-refractivity contribution in [2.45, 2.75) is 19.0 Å². The predicted octanol–water partition coefficient (Wildman–Crippen LogP) is 4.10. The zero-order valence-corrected chi connectivity index (χ0v) is 17.2. The number of imide groups is 1. The van der Waals surface area contributed by atoms with Crippen LogP contribution in [0.3, 0.4) is 0 Å². The highest BCUT2D eigenvalue weighted by Crippen LogP contribution is 2.28. The Kier molecular flexibility index (Phi) is 5.95. The van der Waals surface area contributed by atoms with Crippen molar-refractivity contribution >= 4 is 40.8 Å². The summed E-state index contributed by atoms with van der Waals surface area (Å²) in [6, 6.07) is 17.5. The zero-order chi connectivity index (χ0) is 21.8. The molecular formula is C23H19ClN4O3. The van der Waals surface area contributed by atoms with Gasteiger partial charge in [-0.15, -0.1) is 0 Å². The van der Waals surface area contributed by atoms with E-state index < -0.39 is 18.0 Å². The Morgan fingerprint density at radius 3 is 2.42 bits per heavy atom. The molecule has 7 nitrogen and oxygen atoms in total. The van der Waals surface area contributed by atoms with Gasteiger partial charge in [-0.1, -0.05) is 35.9 Å². The lowest BCUT2D eigenvalue weighted by molar-refractivity contribution is -0.124. The van der Waals surface area contributed by atoms with E-state index >= 15 is 0 Å². The number of anilines is 2. The van der Waals surface area contributed by atoms with Gasteiger partial charge >= 0.3 is 6.03 Å². The van der Waals surface area contributed by atoms with Gasteiger partial charge in [-0.3, -0.25) is 14.6 Å². The number of carbonyl (C=O) groups is 3. The lowest BCUT2D eigenvalue weighted by Crippen LogP contribution is -2.37. The molecule has 156 valence electrons. The Morgan fingerprint density at radius 2 is 1.74 bits per heavy atom. The summed E-state index contributed by atoms with van der Waals surface area (Å²) in [5.41, 5.74) is 1.79. The summed E-state index contributed by atoms with van der Waals surface area (Å²) in [5.74, 6) is -0.814. The topological polar surface area (TPSA) is 82.6 Å². The van der Waals surface area contributed by atoms with E-state index in [0.717, 1.165) is 10.5 Å². The second-order valence-corrected chi connectivity index (χ2v) is 7.49. The minimum atomic E-state index is -0.930. The number of nitrogens with one attached hydrogen (secondary N) is 1. The fourth-order valence-corrected chi connectivity index (χ4v) is 3.56. The van der Waals surface area contributed by atoms with Gasteiger partial charge in [0.15, 0.2) is 0 Å². The van der Waals surface area contributed by atoms with Gasteiger partial charge in [-0.2, -0.15) is 0 Å². The Labute approximate surface area is 184 Å². The Morgan fingerprint density at radius 1 is 1.00 bits per heavy atom. The van der Waals surface area contributed by atoms with E-state index in [-0.39, 0.29) is 18.9 Å². The van der Waals surface area contributed by atoms with E-state index in [1.807, 2.05) is 6.07 Å². The van der Waals surface area contributed by atoms with E-state index in [4.69, 9.17) is 11.6 Å². The zero-order valence-electron chi connectivity index (χ0n) is 16.4. The van der Waals surface area contributed by atoms with Crippen molar-refractivity contribution in [1.29, 1.82) is 0 Å². The number of aromatic nitrogens is 1. The molecule has 2 heterocycles. The molecule has 1 aromatic heterocycles. The summed E-state index contributed by atoms with van der Waals surface area (Å²) < 4.78 is 0. The lowest BCUT2D eigenvalue weighted by atomic mass is 10.1. The maximum Gasteiger partial charge on any atom is 0.332 e. The van der Waals surface area contributed by atoms with Crippen LogP contribution in [-0.2, 0) is 16.1 Å². The van der Waals surface area contributed by atoms with Gasteiger partial charge in [0.05, 0.1) is 12.1 Å². The number of benzene rings is 2. The van der Waals surface area contributed by atoms with Crippen molar-refractivity contribution in [1.82, 2.24) is 9.88 Å². The molecule has 0 unspecified atom stereocenters. The molecule has 31 heavy (non-hydrogen) atoms. The molecule has 3 aromatic rings. The molecule has 0 saturated carbocycles. The molecule has 2 aromatic carbocycles. The smallest absolute Gasteiger partial charge is 0.326 e. The number of urea groups is 1. The van der Waals surface area contributed by atoms with Crippen LogP contribution in [0.2, 0.25) is 5.02 Å². The normalized spacial score (nSPS) is 16.0. The maximum absolute atomic E-state index is 13.2. The number of rotatable bonds is 6. The second-order valence-electron chi connectivity index (χ2n) is 7.06. The van der Waals surface area contributed by atoms with Crippen molar-refractivity contribution in [2.75, 3.05) is 10.2 Å². The van der Waals surface area contributed by atoms with Crippen LogP contribution in [-0.4, -0.2) is 33.8 Å². The molecule has 1 atom stereocenters. The number of hydrogen-bond donors (Lipinski definition) is 1. The van der Waals surface area contributed by atoms with Crippen LogP contribution >= 0.6 is 11.6 Å². The van der Waals surface area contributed by atoms with Crippen molar-refractivity contribution in [2.24, 2.45) is 0 Å². The lowest BCUT2D eigenvalue weighted by Gasteiger charge is -2.21. The molecule has 1 aliphatic heterocycles. The monoisotopic (exact) mass is 434 g/mol. The van der Waals surface area contributed by atoms with Crippen LogP contribution < -0.4 is 10.2 Å². The van der Waals surface area contributed by atoms with Crippen molar-refractivity contribution < 1.29 is 14.4 Å². The van der Waals surface area contributed by atoms with Crippen molar-refractivity contribution in [3.05, 3.63) is 89.7 Å². The molecule has 8 heteroatoms. The molecular weight excluding hydrogens is 416 g/mol. The number of hydrogen-bond acceptors (Lipinski definition) is 4. The third-order valence-corrected chi connectivity index (χ3v) is 5.17. The molecule has 1 N–H and O–H groups in total. The summed E-state index contributed by atoms with van der Waals surface area (Å²) in [7, 11) is 0. The summed E-state index contributed by atoms with van der Waals surface area (Å²) in [4.78, 5) is 45.7. The summed E-state index contributed by atoms with van der Waals surface area (Å²) in [6.07, 6.45) is 3.10. The van der Waals surface area contributed by atoms with Gasteiger partial charge in [0.1, 0.15) is 6.04 Å². The average molecular weight is 435 g/mol. The molecule has 4 amide bonds. The first-order valence-corrected chi connectivity index (χ1v) is 10.0. The third-order valence-electron chi connectivity index (χ3n) is 4.92. The highest BCUT2D eigenvalue weighted by atomic mass is 35.5. The number of para-hydroxylation sites is 1. The van der Waals surface area contributed by atoms with Crippen LogP contribution in [0.1, 0.15) is 12.0 Å². The van der Waals surface area contributed by atoms with Gasteiger partial charge in [0.25, 0.3) is 5.91 Å².